The maximum atomic E-state index is 11.7. The van der Waals surface area contributed by atoms with E-state index >= 15 is 0 Å². The molecule has 2 N–H and O–H groups in total. The summed E-state index contributed by atoms with van der Waals surface area (Å²) in [5.74, 6) is -1.54. The van der Waals surface area contributed by atoms with Crippen LogP contribution in [0.15, 0.2) is 30.3 Å². The van der Waals surface area contributed by atoms with Gasteiger partial charge >= 0.3 is 0 Å². The molecule has 0 radical (unpaired) electrons. The Morgan fingerprint density at radius 2 is 1.86 bits per heavy atom. The minimum atomic E-state index is -3.77. The van der Waals surface area contributed by atoms with Crippen molar-refractivity contribution >= 4 is 21.8 Å². The van der Waals surface area contributed by atoms with E-state index in [4.69, 9.17) is 5.21 Å². The van der Waals surface area contributed by atoms with Crippen LogP contribution in [-0.2, 0) is 26.0 Å². The molecule has 0 aliphatic carbocycles. The van der Waals surface area contributed by atoms with Gasteiger partial charge in [0.2, 0.25) is 21.8 Å². The molecule has 1 rings (SSSR count). The number of nitrogens with one attached hydrogen (secondary N) is 1. The summed E-state index contributed by atoms with van der Waals surface area (Å²) in [6.45, 7) is 1.05. The van der Waals surface area contributed by atoms with Crippen LogP contribution in [0.4, 0.5) is 0 Å². The van der Waals surface area contributed by atoms with Gasteiger partial charge in [0.1, 0.15) is 0 Å². The summed E-state index contributed by atoms with van der Waals surface area (Å²) in [4.78, 5) is 22.4. The van der Waals surface area contributed by atoms with E-state index in [-0.39, 0.29) is 25.1 Å². The van der Waals surface area contributed by atoms with Gasteiger partial charge in [0.25, 0.3) is 0 Å². The van der Waals surface area contributed by atoms with E-state index < -0.39 is 21.8 Å². The second kappa shape index (κ2) is 7.75. The van der Waals surface area contributed by atoms with Gasteiger partial charge in [-0.05, 0) is 12.0 Å². The maximum absolute atomic E-state index is 11.7. The van der Waals surface area contributed by atoms with Crippen molar-refractivity contribution in [3.63, 3.8) is 0 Å². The molecule has 0 aromatic heterocycles. The SMILES string of the molecule is CC(=O)N(O)CCCS(=O)(=O)NC(=O)Cc1ccccc1. The number of sulfonamides is 1. The summed E-state index contributed by atoms with van der Waals surface area (Å²) in [6.07, 6.45) is 0.00364. The first kappa shape index (κ1) is 17.1. The minimum Gasteiger partial charge on any atom is -0.286 e. The highest BCUT2D eigenvalue weighted by atomic mass is 32.2. The zero-order chi connectivity index (χ0) is 15.9. The van der Waals surface area contributed by atoms with Crippen LogP contribution < -0.4 is 4.72 Å². The number of carbonyl (C=O) groups is 2. The van der Waals surface area contributed by atoms with Gasteiger partial charge in [0.05, 0.1) is 12.2 Å². The van der Waals surface area contributed by atoms with Gasteiger partial charge in [-0.2, -0.15) is 0 Å². The molecule has 0 spiro atoms. The van der Waals surface area contributed by atoms with Crippen LogP contribution in [0.25, 0.3) is 0 Å². The summed E-state index contributed by atoms with van der Waals surface area (Å²) in [7, 11) is -3.77. The lowest BCUT2D eigenvalue weighted by Crippen LogP contribution is -2.35. The fourth-order valence-electron chi connectivity index (χ4n) is 1.60. The van der Waals surface area contributed by atoms with Crippen molar-refractivity contribution in [2.24, 2.45) is 0 Å². The zero-order valence-corrected chi connectivity index (χ0v) is 12.5. The molecule has 1 aromatic carbocycles. The van der Waals surface area contributed by atoms with Gasteiger partial charge in [-0.25, -0.2) is 13.5 Å². The smallest absolute Gasteiger partial charge is 0.242 e. The molecule has 0 heterocycles. The predicted octanol–water partition coefficient (Wildman–Crippen LogP) is 0.303. The summed E-state index contributed by atoms with van der Waals surface area (Å²) in [6, 6.07) is 8.77. The fourth-order valence-corrected chi connectivity index (χ4v) is 2.63. The topological polar surface area (TPSA) is 104 Å². The molecule has 116 valence electrons. The van der Waals surface area contributed by atoms with E-state index in [2.05, 4.69) is 0 Å². The zero-order valence-electron chi connectivity index (χ0n) is 11.7. The largest absolute Gasteiger partial charge is 0.286 e. The summed E-state index contributed by atoms with van der Waals surface area (Å²) < 4.78 is 25.3. The first-order valence-electron chi connectivity index (χ1n) is 6.34. The van der Waals surface area contributed by atoms with Crippen LogP contribution in [0, 0.1) is 0 Å². The van der Waals surface area contributed by atoms with Crippen molar-refractivity contribution in [3.05, 3.63) is 35.9 Å². The van der Waals surface area contributed by atoms with Gasteiger partial charge in [0.15, 0.2) is 0 Å². The number of hydroxylamine groups is 2. The first-order chi connectivity index (χ1) is 9.80. The molecule has 7 nitrogen and oxygen atoms in total. The van der Waals surface area contributed by atoms with Crippen molar-refractivity contribution in [1.82, 2.24) is 9.79 Å². The third kappa shape index (κ3) is 6.87. The Balaban J connectivity index is 2.41. The number of rotatable bonds is 7. The van der Waals surface area contributed by atoms with E-state index in [1.54, 1.807) is 30.3 Å². The Morgan fingerprint density at radius 3 is 2.43 bits per heavy atom. The molecular weight excluding hydrogens is 296 g/mol. The lowest BCUT2D eigenvalue weighted by Gasteiger charge is -2.12. The average molecular weight is 314 g/mol. The number of carbonyl (C=O) groups excluding carboxylic acids is 2. The summed E-state index contributed by atoms with van der Waals surface area (Å²) in [5.41, 5.74) is 0.711. The molecular formula is C13H18N2O5S. The van der Waals surface area contributed by atoms with Crippen molar-refractivity contribution in [2.75, 3.05) is 12.3 Å². The van der Waals surface area contributed by atoms with E-state index in [1.165, 1.54) is 0 Å². The second-order valence-electron chi connectivity index (χ2n) is 4.50. The Kier molecular flexibility index (Phi) is 6.32. The third-order valence-electron chi connectivity index (χ3n) is 2.62. The minimum absolute atomic E-state index is 0.0281. The van der Waals surface area contributed by atoms with Crippen LogP contribution in [0.1, 0.15) is 18.9 Å². The highest BCUT2D eigenvalue weighted by molar-refractivity contribution is 7.90. The van der Waals surface area contributed by atoms with Gasteiger partial charge < -0.3 is 0 Å². The molecule has 0 aliphatic rings. The Hall–Kier alpha value is -1.93. The Morgan fingerprint density at radius 1 is 1.24 bits per heavy atom. The lowest BCUT2D eigenvalue weighted by atomic mass is 10.1. The molecule has 0 saturated heterocycles. The number of nitrogens with zero attached hydrogens (tertiary/aromatic N) is 1. The van der Waals surface area contributed by atoms with E-state index in [1.807, 2.05) is 4.72 Å². The Labute approximate surface area is 123 Å². The molecule has 1 aromatic rings. The molecule has 0 aliphatic heterocycles. The van der Waals surface area contributed by atoms with Crippen LogP contribution in [0.3, 0.4) is 0 Å². The third-order valence-corrected chi connectivity index (χ3v) is 3.99. The average Bonchev–Trinajstić information content (AvgIpc) is 2.38. The monoisotopic (exact) mass is 314 g/mol. The van der Waals surface area contributed by atoms with Gasteiger partial charge in [-0.1, -0.05) is 30.3 Å². The summed E-state index contributed by atoms with van der Waals surface area (Å²) >= 11 is 0. The molecule has 0 fully saturated rings. The highest BCUT2D eigenvalue weighted by Crippen LogP contribution is 2.00. The highest BCUT2D eigenvalue weighted by Gasteiger charge is 2.15. The quantitative estimate of drug-likeness (QED) is 0.556. The van der Waals surface area contributed by atoms with E-state index in [0.29, 0.717) is 10.6 Å². The normalized spacial score (nSPS) is 11.0. The van der Waals surface area contributed by atoms with Gasteiger partial charge in [-0.3, -0.25) is 19.5 Å². The van der Waals surface area contributed by atoms with Crippen LogP contribution in [-0.4, -0.2) is 42.8 Å². The van der Waals surface area contributed by atoms with Crippen LogP contribution in [0.2, 0.25) is 0 Å². The number of hydrogen-bond acceptors (Lipinski definition) is 5. The molecule has 8 heteroatoms. The van der Waals surface area contributed by atoms with Crippen molar-refractivity contribution < 1.29 is 23.2 Å². The fraction of sp³-hybridized carbons (Fsp3) is 0.385. The standard InChI is InChI=1S/C13H18N2O5S/c1-11(16)15(18)8-5-9-21(19,20)14-13(17)10-12-6-3-2-4-7-12/h2-4,6-7,18H,5,8-10H2,1H3,(H,14,17). The van der Waals surface area contributed by atoms with Crippen molar-refractivity contribution in [2.45, 2.75) is 19.8 Å². The predicted molar refractivity (Wildman–Crippen MR) is 75.9 cm³/mol. The number of hydrogen-bond donors (Lipinski definition) is 2. The number of benzene rings is 1. The summed E-state index contributed by atoms with van der Waals surface area (Å²) in [5, 5.41) is 9.53. The maximum Gasteiger partial charge on any atom is 0.242 e. The molecule has 0 atom stereocenters. The van der Waals surface area contributed by atoms with E-state index in [9.17, 15) is 18.0 Å². The molecule has 0 unspecified atom stereocenters. The second-order valence-corrected chi connectivity index (χ2v) is 6.34. The molecule has 21 heavy (non-hydrogen) atoms. The van der Waals surface area contributed by atoms with Gasteiger partial charge in [0, 0.05) is 13.5 Å². The molecule has 0 bridgehead atoms. The molecule has 2 amide bonds. The van der Waals surface area contributed by atoms with Crippen LogP contribution in [0.5, 0.6) is 0 Å². The molecule has 0 saturated carbocycles. The van der Waals surface area contributed by atoms with Crippen molar-refractivity contribution in [1.29, 1.82) is 0 Å². The lowest BCUT2D eigenvalue weighted by molar-refractivity contribution is -0.162. The Bertz CT molecular complexity index is 586. The number of amides is 2. The first-order valence-corrected chi connectivity index (χ1v) is 7.99. The van der Waals surface area contributed by atoms with Crippen LogP contribution >= 0.6 is 0 Å². The van der Waals surface area contributed by atoms with E-state index in [0.717, 1.165) is 6.92 Å². The van der Waals surface area contributed by atoms with Gasteiger partial charge in [-0.15, -0.1) is 0 Å². The van der Waals surface area contributed by atoms with Crippen molar-refractivity contribution in [3.8, 4) is 0 Å².